The van der Waals surface area contributed by atoms with E-state index in [9.17, 15) is 9.82 Å². The second kappa shape index (κ2) is 5.65. The minimum Gasteiger partial charge on any atom is -0.437 e. The molecule has 4 N–H and O–H groups in total. The third-order valence-electron chi connectivity index (χ3n) is 4.51. The van der Waals surface area contributed by atoms with Gasteiger partial charge in [0.05, 0.1) is 5.56 Å². The van der Waals surface area contributed by atoms with Crippen LogP contribution in [0, 0.1) is 0 Å². The summed E-state index contributed by atoms with van der Waals surface area (Å²) in [5.41, 5.74) is 5.69. The van der Waals surface area contributed by atoms with Crippen LogP contribution in [0.5, 0.6) is 0 Å². The zero-order valence-corrected chi connectivity index (χ0v) is 12.2. The van der Waals surface area contributed by atoms with Crippen molar-refractivity contribution >= 4 is 18.8 Å². The lowest BCUT2D eigenvalue weighted by Crippen LogP contribution is -2.52. The molecule has 3 heterocycles. The van der Waals surface area contributed by atoms with E-state index in [1.807, 2.05) is 6.07 Å². The average molecular weight is 288 g/mol. The lowest BCUT2D eigenvalue weighted by Gasteiger charge is -2.40. The number of carbonyl (C=O) groups is 1. The highest BCUT2D eigenvalue weighted by Crippen LogP contribution is 2.38. The number of primary amides is 1. The summed E-state index contributed by atoms with van der Waals surface area (Å²) in [7, 11) is -0.464. The molecule has 2 bridgehead atoms. The molecule has 7 heteroatoms. The predicted octanol–water partition coefficient (Wildman–Crippen LogP) is 0.380. The van der Waals surface area contributed by atoms with Gasteiger partial charge in [0.25, 0.3) is 0 Å². The Morgan fingerprint density at radius 3 is 2.57 bits per heavy atom. The van der Waals surface area contributed by atoms with Gasteiger partial charge in [-0.05, 0) is 44.6 Å². The standard InChI is InChI=1S/C14H21BN4O2/c1-15(21)18-10-6-11-3-4-12(7-10)19(11)13-5-2-9(8-17-13)14(16)20/h2,5,8,10-12,18,21H,3-4,6-7H2,1H3,(H2,16,20). The number of fused-ring (bicyclic) bond motifs is 2. The van der Waals surface area contributed by atoms with Crippen molar-refractivity contribution in [2.75, 3.05) is 4.90 Å². The first kappa shape index (κ1) is 14.3. The van der Waals surface area contributed by atoms with Crippen LogP contribution < -0.4 is 15.9 Å². The largest absolute Gasteiger partial charge is 0.437 e. The number of carbonyl (C=O) groups excluding carboxylic acids is 1. The normalized spacial score (nSPS) is 27.7. The van der Waals surface area contributed by atoms with Crippen molar-refractivity contribution in [1.82, 2.24) is 10.2 Å². The maximum atomic E-state index is 11.1. The van der Waals surface area contributed by atoms with Crippen LogP contribution in [0.1, 0.15) is 36.0 Å². The summed E-state index contributed by atoms with van der Waals surface area (Å²) in [5, 5.41) is 12.7. The van der Waals surface area contributed by atoms with Crippen LogP contribution in [0.25, 0.3) is 0 Å². The van der Waals surface area contributed by atoms with Crippen LogP contribution in [-0.2, 0) is 0 Å². The highest BCUT2D eigenvalue weighted by molar-refractivity contribution is 6.45. The number of nitrogens with two attached hydrogens (primary N) is 1. The number of pyridine rings is 1. The van der Waals surface area contributed by atoms with Gasteiger partial charge in [-0.3, -0.25) is 4.79 Å². The van der Waals surface area contributed by atoms with Gasteiger partial charge in [-0.1, -0.05) is 0 Å². The van der Waals surface area contributed by atoms with Crippen LogP contribution in [0.15, 0.2) is 18.3 Å². The fourth-order valence-corrected chi connectivity index (χ4v) is 3.71. The second-order valence-corrected chi connectivity index (χ2v) is 6.07. The molecule has 1 aromatic heterocycles. The third-order valence-corrected chi connectivity index (χ3v) is 4.51. The van der Waals surface area contributed by atoms with Crippen molar-refractivity contribution in [3.63, 3.8) is 0 Å². The highest BCUT2D eigenvalue weighted by Gasteiger charge is 2.41. The minimum absolute atomic E-state index is 0.364. The predicted molar refractivity (Wildman–Crippen MR) is 82.0 cm³/mol. The zero-order chi connectivity index (χ0) is 15.0. The summed E-state index contributed by atoms with van der Waals surface area (Å²) in [4.78, 5) is 17.9. The Balaban J connectivity index is 1.74. The van der Waals surface area contributed by atoms with E-state index in [-0.39, 0.29) is 0 Å². The zero-order valence-electron chi connectivity index (χ0n) is 12.2. The minimum atomic E-state index is -0.464. The molecular formula is C14H21BN4O2. The number of hydrogen-bond acceptors (Lipinski definition) is 5. The molecule has 0 radical (unpaired) electrons. The number of anilines is 1. The molecule has 1 amide bonds. The fourth-order valence-electron chi connectivity index (χ4n) is 3.71. The Labute approximate surface area is 124 Å². The van der Waals surface area contributed by atoms with E-state index in [4.69, 9.17) is 5.73 Å². The van der Waals surface area contributed by atoms with E-state index in [1.54, 1.807) is 19.1 Å². The Kier molecular flexibility index (Phi) is 3.86. The number of nitrogens with one attached hydrogen (secondary N) is 1. The highest BCUT2D eigenvalue weighted by atomic mass is 16.2. The van der Waals surface area contributed by atoms with Gasteiger partial charge >= 0.3 is 7.05 Å². The average Bonchev–Trinajstić information content (AvgIpc) is 2.70. The molecule has 1 aromatic rings. The summed E-state index contributed by atoms with van der Waals surface area (Å²) in [5.74, 6) is 0.472. The van der Waals surface area contributed by atoms with E-state index >= 15 is 0 Å². The summed E-state index contributed by atoms with van der Waals surface area (Å²) in [6.45, 7) is 1.76. The monoisotopic (exact) mass is 288 g/mol. The molecule has 3 rings (SSSR count). The van der Waals surface area contributed by atoms with E-state index in [1.165, 1.54) is 0 Å². The molecule has 2 fully saturated rings. The Hall–Kier alpha value is -1.60. The Morgan fingerprint density at radius 2 is 2.10 bits per heavy atom. The molecule has 0 saturated carbocycles. The molecule has 6 nitrogen and oxygen atoms in total. The van der Waals surface area contributed by atoms with Crippen molar-refractivity contribution in [3.05, 3.63) is 23.9 Å². The number of hydrogen-bond donors (Lipinski definition) is 3. The first-order valence-electron chi connectivity index (χ1n) is 7.53. The van der Waals surface area contributed by atoms with Gasteiger partial charge in [-0.2, -0.15) is 0 Å². The number of rotatable bonds is 4. The van der Waals surface area contributed by atoms with Crippen molar-refractivity contribution in [3.8, 4) is 0 Å². The van der Waals surface area contributed by atoms with Gasteiger partial charge in [0, 0.05) is 24.3 Å². The van der Waals surface area contributed by atoms with Crippen LogP contribution in [0.3, 0.4) is 0 Å². The molecule has 0 aliphatic carbocycles. The molecule has 0 aromatic carbocycles. The first-order valence-corrected chi connectivity index (χ1v) is 7.53. The van der Waals surface area contributed by atoms with Gasteiger partial charge in [-0.15, -0.1) is 0 Å². The van der Waals surface area contributed by atoms with Crippen LogP contribution >= 0.6 is 0 Å². The molecule has 2 aliphatic rings. The van der Waals surface area contributed by atoms with Crippen molar-refractivity contribution in [2.45, 2.75) is 50.6 Å². The Bertz CT molecular complexity index is 508. The van der Waals surface area contributed by atoms with Gasteiger partial charge in [0.1, 0.15) is 5.82 Å². The van der Waals surface area contributed by atoms with Gasteiger partial charge in [0.2, 0.25) is 5.91 Å². The molecular weight excluding hydrogens is 267 g/mol. The molecule has 112 valence electrons. The second-order valence-electron chi connectivity index (χ2n) is 6.07. The van der Waals surface area contributed by atoms with Crippen LogP contribution in [0.4, 0.5) is 5.82 Å². The van der Waals surface area contributed by atoms with E-state index < -0.39 is 13.0 Å². The fraction of sp³-hybridized carbons (Fsp3) is 0.571. The van der Waals surface area contributed by atoms with Gasteiger partial charge in [0.15, 0.2) is 0 Å². The smallest absolute Gasteiger partial charge is 0.373 e. The molecule has 21 heavy (non-hydrogen) atoms. The lowest BCUT2D eigenvalue weighted by molar-refractivity contribution is 0.1000. The van der Waals surface area contributed by atoms with E-state index in [0.29, 0.717) is 23.7 Å². The molecule has 0 spiro atoms. The summed E-state index contributed by atoms with van der Waals surface area (Å²) < 4.78 is 0. The number of piperidine rings is 1. The van der Waals surface area contributed by atoms with Crippen molar-refractivity contribution in [2.24, 2.45) is 5.73 Å². The Morgan fingerprint density at radius 1 is 1.43 bits per heavy atom. The van der Waals surface area contributed by atoms with E-state index in [2.05, 4.69) is 15.1 Å². The number of amides is 1. The van der Waals surface area contributed by atoms with Crippen LogP contribution in [0.2, 0.25) is 6.82 Å². The quantitative estimate of drug-likeness (QED) is 0.697. The number of nitrogens with zero attached hydrogens (tertiary/aromatic N) is 2. The van der Waals surface area contributed by atoms with Crippen molar-refractivity contribution in [1.29, 1.82) is 0 Å². The van der Waals surface area contributed by atoms with Crippen molar-refractivity contribution < 1.29 is 9.82 Å². The lowest BCUT2D eigenvalue weighted by atomic mass is 9.84. The SMILES string of the molecule is CB(O)NC1CC2CCC(C1)N2c1ccc(C(N)=O)cn1. The first-order chi connectivity index (χ1) is 10.0. The van der Waals surface area contributed by atoms with Crippen LogP contribution in [-0.4, -0.2) is 41.1 Å². The maximum Gasteiger partial charge on any atom is 0.373 e. The number of aromatic nitrogens is 1. The third kappa shape index (κ3) is 2.89. The van der Waals surface area contributed by atoms with E-state index in [0.717, 1.165) is 31.5 Å². The summed E-state index contributed by atoms with van der Waals surface area (Å²) in [6, 6.07) is 4.89. The van der Waals surface area contributed by atoms with Gasteiger partial charge < -0.3 is 20.9 Å². The molecule has 2 atom stereocenters. The molecule has 2 aliphatic heterocycles. The molecule has 2 saturated heterocycles. The van der Waals surface area contributed by atoms with Gasteiger partial charge in [-0.25, -0.2) is 4.98 Å². The summed E-state index contributed by atoms with van der Waals surface area (Å²) >= 11 is 0. The topological polar surface area (TPSA) is 91.5 Å². The molecule has 2 unspecified atom stereocenters. The summed E-state index contributed by atoms with van der Waals surface area (Å²) in [6.07, 6.45) is 5.89. The maximum absolute atomic E-state index is 11.1.